The van der Waals surface area contributed by atoms with Gasteiger partial charge in [0.1, 0.15) is 0 Å². The standard InChI is InChI=1S/C16H15ClN2OS/c17-13-3-6-18-9-12(13)16(20)19-7-4-14-11(5-8-21-14)15(19)10-1-2-10/h3,5-6,8-10,15H,1-2,4,7H2. The third-order valence-electron chi connectivity index (χ3n) is 4.34. The lowest BCUT2D eigenvalue weighted by molar-refractivity contribution is 0.0637. The third-order valence-corrected chi connectivity index (χ3v) is 5.67. The summed E-state index contributed by atoms with van der Waals surface area (Å²) >= 11 is 7.99. The molecule has 0 bridgehead atoms. The fourth-order valence-corrected chi connectivity index (χ4v) is 4.28. The van der Waals surface area contributed by atoms with Crippen LogP contribution in [0.5, 0.6) is 0 Å². The first-order valence-electron chi connectivity index (χ1n) is 7.22. The van der Waals surface area contributed by atoms with Crippen LogP contribution in [0.25, 0.3) is 0 Å². The lowest BCUT2D eigenvalue weighted by Crippen LogP contribution is -2.40. The van der Waals surface area contributed by atoms with Gasteiger partial charge in [-0.1, -0.05) is 11.6 Å². The van der Waals surface area contributed by atoms with E-state index in [1.807, 2.05) is 16.2 Å². The molecule has 2 aromatic rings. The van der Waals surface area contributed by atoms with Crippen molar-refractivity contribution in [3.05, 3.63) is 50.9 Å². The Morgan fingerprint density at radius 3 is 3.00 bits per heavy atom. The lowest BCUT2D eigenvalue weighted by atomic mass is 9.95. The monoisotopic (exact) mass is 318 g/mol. The molecule has 1 amide bonds. The van der Waals surface area contributed by atoms with Gasteiger partial charge in [-0.2, -0.15) is 0 Å². The van der Waals surface area contributed by atoms with Crippen LogP contribution in [0, 0.1) is 5.92 Å². The van der Waals surface area contributed by atoms with Crippen LogP contribution in [0.15, 0.2) is 29.9 Å². The zero-order valence-electron chi connectivity index (χ0n) is 11.5. The Kier molecular flexibility index (Phi) is 3.23. The summed E-state index contributed by atoms with van der Waals surface area (Å²) < 4.78 is 0. The molecule has 1 aliphatic heterocycles. The molecule has 0 saturated heterocycles. The average Bonchev–Trinajstić information content (AvgIpc) is 3.22. The number of amides is 1. The predicted octanol–water partition coefficient (Wildman–Crippen LogP) is 3.95. The van der Waals surface area contributed by atoms with E-state index in [9.17, 15) is 4.79 Å². The highest BCUT2D eigenvalue weighted by Gasteiger charge is 2.42. The maximum atomic E-state index is 12.9. The predicted molar refractivity (Wildman–Crippen MR) is 83.8 cm³/mol. The van der Waals surface area contributed by atoms with Gasteiger partial charge in [0.05, 0.1) is 16.6 Å². The van der Waals surface area contributed by atoms with Gasteiger partial charge >= 0.3 is 0 Å². The number of rotatable bonds is 2. The molecular formula is C16H15ClN2OS. The molecule has 1 unspecified atom stereocenters. The van der Waals surface area contributed by atoms with Crippen LogP contribution in [0.3, 0.4) is 0 Å². The van der Waals surface area contributed by atoms with E-state index in [-0.39, 0.29) is 11.9 Å². The number of hydrogen-bond donors (Lipinski definition) is 0. The van der Waals surface area contributed by atoms with Crippen LogP contribution >= 0.6 is 22.9 Å². The quantitative estimate of drug-likeness (QED) is 0.840. The van der Waals surface area contributed by atoms with Crippen molar-refractivity contribution in [1.82, 2.24) is 9.88 Å². The molecule has 1 saturated carbocycles. The molecule has 2 aliphatic rings. The Balaban J connectivity index is 1.71. The number of carbonyl (C=O) groups excluding carboxylic acids is 1. The third kappa shape index (κ3) is 2.27. The molecule has 4 rings (SSSR count). The Hall–Kier alpha value is -1.39. The van der Waals surface area contributed by atoms with Crippen LogP contribution in [-0.2, 0) is 6.42 Å². The number of pyridine rings is 1. The van der Waals surface area contributed by atoms with Crippen molar-refractivity contribution in [3.63, 3.8) is 0 Å². The highest BCUT2D eigenvalue weighted by Crippen LogP contribution is 2.48. The second-order valence-electron chi connectivity index (χ2n) is 5.69. The molecule has 3 nitrogen and oxygen atoms in total. The lowest BCUT2D eigenvalue weighted by Gasteiger charge is -2.36. The number of aromatic nitrogens is 1. The molecule has 21 heavy (non-hydrogen) atoms. The molecule has 1 aliphatic carbocycles. The molecule has 5 heteroatoms. The van der Waals surface area contributed by atoms with Crippen molar-refractivity contribution in [2.24, 2.45) is 5.92 Å². The minimum absolute atomic E-state index is 0.0156. The van der Waals surface area contributed by atoms with Crippen molar-refractivity contribution in [3.8, 4) is 0 Å². The van der Waals surface area contributed by atoms with Crippen molar-refractivity contribution >= 4 is 28.8 Å². The summed E-state index contributed by atoms with van der Waals surface area (Å²) in [6, 6.07) is 4.09. The molecule has 1 fully saturated rings. The fourth-order valence-electron chi connectivity index (χ4n) is 3.18. The molecule has 0 radical (unpaired) electrons. The molecule has 3 heterocycles. The Labute approximate surface area is 132 Å². The summed E-state index contributed by atoms with van der Waals surface area (Å²) in [5, 5.41) is 2.63. The number of nitrogens with zero attached hydrogens (tertiary/aromatic N) is 2. The highest BCUT2D eigenvalue weighted by molar-refractivity contribution is 7.10. The van der Waals surface area contributed by atoms with E-state index in [0.717, 1.165) is 13.0 Å². The number of fused-ring (bicyclic) bond motifs is 1. The zero-order chi connectivity index (χ0) is 14.4. The van der Waals surface area contributed by atoms with E-state index < -0.39 is 0 Å². The molecule has 0 spiro atoms. The van der Waals surface area contributed by atoms with Gasteiger partial charge in [0.2, 0.25) is 0 Å². The van der Waals surface area contributed by atoms with E-state index in [1.54, 1.807) is 18.5 Å². The number of hydrogen-bond acceptors (Lipinski definition) is 3. The zero-order valence-corrected chi connectivity index (χ0v) is 13.0. The summed E-state index contributed by atoms with van der Waals surface area (Å²) in [6.45, 7) is 0.777. The van der Waals surface area contributed by atoms with E-state index in [2.05, 4.69) is 16.4 Å². The summed E-state index contributed by atoms with van der Waals surface area (Å²) in [6.07, 6.45) is 6.57. The van der Waals surface area contributed by atoms with Gasteiger partial charge in [-0.25, -0.2) is 0 Å². The van der Waals surface area contributed by atoms with Crippen molar-refractivity contribution in [2.45, 2.75) is 25.3 Å². The van der Waals surface area contributed by atoms with Gasteiger partial charge in [-0.15, -0.1) is 11.3 Å². The maximum Gasteiger partial charge on any atom is 0.257 e. The van der Waals surface area contributed by atoms with Gasteiger partial charge in [-0.3, -0.25) is 9.78 Å². The van der Waals surface area contributed by atoms with Crippen molar-refractivity contribution in [1.29, 1.82) is 0 Å². The molecule has 0 aromatic carbocycles. The molecule has 1 atom stereocenters. The van der Waals surface area contributed by atoms with Crippen LogP contribution in [0.4, 0.5) is 0 Å². The average molecular weight is 319 g/mol. The number of thiophene rings is 1. The van der Waals surface area contributed by atoms with Gasteiger partial charge in [0.25, 0.3) is 5.91 Å². The van der Waals surface area contributed by atoms with Crippen molar-refractivity contribution < 1.29 is 4.79 Å². The molecule has 108 valence electrons. The van der Waals surface area contributed by atoms with Gasteiger partial charge < -0.3 is 4.90 Å². The van der Waals surface area contributed by atoms with Gasteiger partial charge in [0, 0.05) is 23.8 Å². The van der Waals surface area contributed by atoms with Gasteiger partial charge in [-0.05, 0) is 48.3 Å². The highest BCUT2D eigenvalue weighted by atomic mass is 35.5. The Morgan fingerprint density at radius 2 is 2.24 bits per heavy atom. The maximum absolute atomic E-state index is 12.9. The first-order valence-corrected chi connectivity index (χ1v) is 8.48. The smallest absolute Gasteiger partial charge is 0.257 e. The molecule has 2 aromatic heterocycles. The number of halogens is 1. The summed E-state index contributed by atoms with van der Waals surface area (Å²) in [5.74, 6) is 0.625. The summed E-state index contributed by atoms with van der Waals surface area (Å²) in [4.78, 5) is 20.4. The molecule has 0 N–H and O–H groups in total. The van der Waals surface area contributed by atoms with Crippen molar-refractivity contribution in [2.75, 3.05) is 6.54 Å². The van der Waals surface area contributed by atoms with Crippen LogP contribution in [-0.4, -0.2) is 22.3 Å². The van der Waals surface area contributed by atoms with E-state index in [1.165, 1.54) is 23.3 Å². The van der Waals surface area contributed by atoms with E-state index in [4.69, 9.17) is 11.6 Å². The minimum atomic E-state index is 0.0156. The van der Waals surface area contributed by atoms with Crippen LogP contribution in [0.2, 0.25) is 5.02 Å². The first-order chi connectivity index (χ1) is 10.3. The number of carbonyl (C=O) groups is 1. The van der Waals surface area contributed by atoms with Crippen LogP contribution in [0.1, 0.15) is 39.7 Å². The van der Waals surface area contributed by atoms with E-state index >= 15 is 0 Å². The fraction of sp³-hybridized carbons (Fsp3) is 0.375. The van der Waals surface area contributed by atoms with E-state index in [0.29, 0.717) is 16.5 Å². The Morgan fingerprint density at radius 1 is 1.38 bits per heavy atom. The topological polar surface area (TPSA) is 33.2 Å². The second-order valence-corrected chi connectivity index (χ2v) is 7.09. The molecular weight excluding hydrogens is 304 g/mol. The first kappa shape index (κ1) is 13.3. The summed E-state index contributed by atoms with van der Waals surface area (Å²) in [5.41, 5.74) is 1.87. The van der Waals surface area contributed by atoms with Gasteiger partial charge in [0.15, 0.2) is 0 Å². The van der Waals surface area contributed by atoms with Crippen LogP contribution < -0.4 is 0 Å². The summed E-state index contributed by atoms with van der Waals surface area (Å²) in [7, 11) is 0. The second kappa shape index (κ2) is 5.11. The normalized spacial score (nSPS) is 21.2. The SMILES string of the molecule is O=C(c1cnccc1Cl)N1CCc2sccc2C1C1CC1. The minimum Gasteiger partial charge on any atom is -0.331 e. The largest absolute Gasteiger partial charge is 0.331 e. The Bertz CT molecular complexity index is 695.